The number of hydrazine groups is 1. The van der Waals surface area contributed by atoms with Gasteiger partial charge in [-0.15, -0.1) is 11.3 Å². The van der Waals surface area contributed by atoms with E-state index in [4.69, 9.17) is 9.84 Å². The molecule has 23 heavy (non-hydrogen) atoms. The van der Waals surface area contributed by atoms with Gasteiger partial charge in [-0.1, -0.05) is 12.1 Å². The van der Waals surface area contributed by atoms with Crippen LogP contribution in [0, 0.1) is 0 Å². The van der Waals surface area contributed by atoms with Crippen LogP contribution < -0.4 is 15.6 Å². The lowest BCUT2D eigenvalue weighted by Gasteiger charge is -2.13. The van der Waals surface area contributed by atoms with E-state index in [0.29, 0.717) is 28.3 Å². The number of benzene rings is 1. The fourth-order valence-electron chi connectivity index (χ4n) is 2.13. The van der Waals surface area contributed by atoms with Crippen molar-refractivity contribution < 1.29 is 14.6 Å². The highest BCUT2D eigenvalue weighted by Gasteiger charge is 2.14. The van der Waals surface area contributed by atoms with Crippen LogP contribution in [0.3, 0.4) is 0 Å². The number of hydrogen-bond acceptors (Lipinski definition) is 7. The van der Waals surface area contributed by atoms with Crippen molar-refractivity contribution in [1.29, 1.82) is 0 Å². The van der Waals surface area contributed by atoms with Gasteiger partial charge in [0.2, 0.25) is 0 Å². The lowest BCUT2D eigenvalue weighted by atomic mass is 10.2. The summed E-state index contributed by atoms with van der Waals surface area (Å²) in [4.78, 5) is 20.7. The van der Waals surface area contributed by atoms with E-state index >= 15 is 0 Å². The number of ether oxygens (including phenoxy) is 1. The van der Waals surface area contributed by atoms with E-state index in [1.807, 2.05) is 29.6 Å². The number of nitrogens with zero attached hydrogens (tertiary/aromatic N) is 2. The molecule has 0 spiro atoms. The Balaban J connectivity index is 2.10. The fraction of sp³-hybridized carbons (Fsp3) is 0.133. The number of nitrogens with one attached hydrogen (secondary N) is 2. The largest absolute Gasteiger partial charge is 0.496 e. The highest BCUT2D eigenvalue weighted by atomic mass is 32.1. The number of hydrogen-bond donors (Lipinski definition) is 3. The van der Waals surface area contributed by atoms with Crippen molar-refractivity contribution in [2.45, 2.75) is 0 Å². The number of aliphatic carboxylic acids is 1. The van der Waals surface area contributed by atoms with E-state index in [1.165, 1.54) is 11.3 Å². The van der Waals surface area contributed by atoms with Gasteiger partial charge in [0.25, 0.3) is 0 Å². The van der Waals surface area contributed by atoms with E-state index in [2.05, 4.69) is 20.8 Å². The lowest BCUT2D eigenvalue weighted by molar-refractivity contribution is -0.135. The molecular formula is C15H14N4O3S. The summed E-state index contributed by atoms with van der Waals surface area (Å²) >= 11 is 1.53. The molecule has 0 radical (unpaired) electrons. The summed E-state index contributed by atoms with van der Waals surface area (Å²) in [5.41, 5.74) is 6.17. The maximum absolute atomic E-state index is 10.7. The summed E-state index contributed by atoms with van der Waals surface area (Å²) in [6.45, 7) is -0.241. The van der Waals surface area contributed by atoms with Crippen molar-refractivity contribution in [3.05, 3.63) is 35.7 Å². The molecule has 3 rings (SSSR count). The molecule has 0 aliphatic rings. The summed E-state index contributed by atoms with van der Waals surface area (Å²) in [5.74, 6) is 0.679. The number of methoxy groups -OCH3 is 1. The van der Waals surface area contributed by atoms with Gasteiger partial charge < -0.3 is 15.3 Å². The SMILES string of the molecule is COc1cccc2nc(-c3cccs3)nc(NNCC(=O)O)c12. The molecule has 2 heterocycles. The Bertz CT molecular complexity index is 836. The first-order chi connectivity index (χ1) is 11.2. The van der Waals surface area contributed by atoms with Crippen LogP contribution in [0.15, 0.2) is 35.7 Å². The molecule has 0 amide bonds. The zero-order chi connectivity index (χ0) is 16.2. The predicted molar refractivity (Wildman–Crippen MR) is 88.7 cm³/mol. The average molecular weight is 330 g/mol. The molecule has 7 nitrogen and oxygen atoms in total. The van der Waals surface area contributed by atoms with Crippen molar-refractivity contribution in [2.75, 3.05) is 19.1 Å². The molecule has 2 aromatic heterocycles. The Labute approximate surface area is 135 Å². The first-order valence-electron chi connectivity index (χ1n) is 6.78. The Kier molecular flexibility index (Phi) is 4.35. The molecule has 0 bridgehead atoms. The first kappa shape index (κ1) is 15.2. The second kappa shape index (κ2) is 6.59. The second-order valence-electron chi connectivity index (χ2n) is 4.60. The normalized spacial score (nSPS) is 10.7. The lowest BCUT2D eigenvalue weighted by Crippen LogP contribution is -2.28. The van der Waals surface area contributed by atoms with Crippen molar-refractivity contribution in [3.63, 3.8) is 0 Å². The van der Waals surface area contributed by atoms with Crippen molar-refractivity contribution in [3.8, 4) is 16.5 Å². The summed E-state index contributed by atoms with van der Waals surface area (Å²) in [5, 5.41) is 11.4. The highest BCUT2D eigenvalue weighted by Crippen LogP contribution is 2.32. The third-order valence-corrected chi connectivity index (χ3v) is 3.96. The van der Waals surface area contributed by atoms with Gasteiger partial charge >= 0.3 is 5.97 Å². The van der Waals surface area contributed by atoms with Crippen molar-refractivity contribution >= 4 is 34.0 Å². The summed E-state index contributed by atoms with van der Waals surface area (Å²) in [6.07, 6.45) is 0. The van der Waals surface area contributed by atoms with Gasteiger partial charge in [-0.05, 0) is 23.6 Å². The second-order valence-corrected chi connectivity index (χ2v) is 5.55. The van der Waals surface area contributed by atoms with Crippen LogP contribution in [0.5, 0.6) is 5.75 Å². The number of carboxylic acid groups (broad SMARTS) is 1. The van der Waals surface area contributed by atoms with E-state index in [0.717, 1.165) is 4.88 Å². The van der Waals surface area contributed by atoms with Crippen LogP contribution in [-0.4, -0.2) is 34.7 Å². The van der Waals surface area contributed by atoms with Gasteiger partial charge in [0, 0.05) is 0 Å². The number of carbonyl (C=O) groups is 1. The van der Waals surface area contributed by atoms with E-state index in [1.54, 1.807) is 13.2 Å². The van der Waals surface area contributed by atoms with Gasteiger partial charge in [-0.25, -0.2) is 15.4 Å². The number of carboxylic acids is 1. The molecule has 0 saturated heterocycles. The van der Waals surface area contributed by atoms with Gasteiger partial charge in [0.05, 0.1) is 22.9 Å². The third-order valence-electron chi connectivity index (χ3n) is 3.09. The van der Waals surface area contributed by atoms with Crippen LogP contribution in [0.25, 0.3) is 21.6 Å². The molecule has 0 atom stereocenters. The van der Waals surface area contributed by atoms with Crippen molar-refractivity contribution in [1.82, 2.24) is 15.4 Å². The number of fused-ring (bicyclic) bond motifs is 1. The summed E-state index contributed by atoms with van der Waals surface area (Å²) < 4.78 is 5.36. The molecule has 0 saturated carbocycles. The van der Waals surface area contributed by atoms with E-state index in [-0.39, 0.29) is 6.54 Å². The van der Waals surface area contributed by atoms with Crippen LogP contribution in [0.1, 0.15) is 0 Å². The maximum Gasteiger partial charge on any atom is 0.319 e. The van der Waals surface area contributed by atoms with Crippen LogP contribution in [0.4, 0.5) is 5.82 Å². The minimum atomic E-state index is -0.971. The Morgan fingerprint density at radius 1 is 1.30 bits per heavy atom. The molecule has 3 aromatic rings. The number of anilines is 1. The predicted octanol–water partition coefficient (Wildman–Crippen LogP) is 2.37. The maximum atomic E-state index is 10.7. The molecule has 0 fully saturated rings. The quantitative estimate of drug-likeness (QED) is 0.597. The number of thiophene rings is 1. The molecule has 3 N–H and O–H groups in total. The minimum absolute atomic E-state index is 0.241. The molecule has 8 heteroatoms. The topological polar surface area (TPSA) is 96.4 Å². The van der Waals surface area contributed by atoms with Gasteiger partial charge in [0.1, 0.15) is 12.3 Å². The highest BCUT2D eigenvalue weighted by molar-refractivity contribution is 7.13. The smallest absolute Gasteiger partial charge is 0.319 e. The number of aromatic nitrogens is 2. The minimum Gasteiger partial charge on any atom is -0.496 e. The van der Waals surface area contributed by atoms with Crippen molar-refractivity contribution in [2.24, 2.45) is 0 Å². The molecule has 0 aliphatic heterocycles. The van der Waals surface area contributed by atoms with Crippen LogP contribution in [-0.2, 0) is 4.79 Å². The Hall–Kier alpha value is -2.71. The van der Waals surface area contributed by atoms with E-state index < -0.39 is 5.97 Å². The zero-order valence-corrected chi connectivity index (χ0v) is 13.1. The van der Waals surface area contributed by atoms with Gasteiger partial charge in [0.15, 0.2) is 11.6 Å². The summed E-state index contributed by atoms with van der Waals surface area (Å²) in [6, 6.07) is 9.37. The summed E-state index contributed by atoms with van der Waals surface area (Å²) in [7, 11) is 1.57. The van der Waals surface area contributed by atoms with E-state index in [9.17, 15) is 4.79 Å². The fourth-order valence-corrected chi connectivity index (χ4v) is 2.79. The molecule has 0 aliphatic carbocycles. The number of rotatable bonds is 6. The molecule has 118 valence electrons. The van der Waals surface area contributed by atoms with Crippen LogP contribution >= 0.6 is 11.3 Å². The van der Waals surface area contributed by atoms with Gasteiger partial charge in [-0.2, -0.15) is 0 Å². The Morgan fingerprint density at radius 2 is 2.17 bits per heavy atom. The molecular weight excluding hydrogens is 316 g/mol. The average Bonchev–Trinajstić information content (AvgIpc) is 3.08. The standard InChI is InChI=1S/C15H14N4O3S/c1-22-10-5-2-4-9-13(10)15(19-16-8-12(20)21)18-14(17-9)11-6-3-7-23-11/h2-7,16H,8H2,1H3,(H,20,21)(H,17,18,19). The first-order valence-corrected chi connectivity index (χ1v) is 7.66. The van der Waals surface area contributed by atoms with Gasteiger partial charge in [-0.3, -0.25) is 4.79 Å². The van der Waals surface area contributed by atoms with Crippen LogP contribution in [0.2, 0.25) is 0 Å². The Morgan fingerprint density at radius 3 is 2.87 bits per heavy atom. The zero-order valence-electron chi connectivity index (χ0n) is 12.2. The third kappa shape index (κ3) is 3.22. The molecule has 0 unspecified atom stereocenters. The molecule has 1 aromatic carbocycles. The monoisotopic (exact) mass is 330 g/mol.